The third kappa shape index (κ3) is 6.10. The number of anilines is 1. The highest BCUT2D eigenvalue weighted by atomic mass is 127. The molecule has 0 bridgehead atoms. The molecule has 1 heterocycles. The van der Waals surface area contributed by atoms with E-state index in [0.717, 1.165) is 20.4 Å². The van der Waals surface area contributed by atoms with Gasteiger partial charge in [0.15, 0.2) is 11.0 Å². The first-order chi connectivity index (χ1) is 15.3. The van der Waals surface area contributed by atoms with Crippen molar-refractivity contribution < 1.29 is 9.59 Å². The van der Waals surface area contributed by atoms with Gasteiger partial charge in [-0.25, -0.2) is 0 Å². The topological polar surface area (TPSA) is 88.9 Å². The van der Waals surface area contributed by atoms with Crippen molar-refractivity contribution in [3.05, 3.63) is 68.5 Å². The van der Waals surface area contributed by atoms with E-state index in [1.807, 2.05) is 62.6 Å². The van der Waals surface area contributed by atoms with Crippen molar-refractivity contribution >= 4 is 51.9 Å². The summed E-state index contributed by atoms with van der Waals surface area (Å²) in [4.78, 5) is 25.0. The molecule has 0 saturated carbocycles. The zero-order valence-corrected chi connectivity index (χ0v) is 21.5. The molecule has 1 aromatic heterocycles. The number of amides is 2. The summed E-state index contributed by atoms with van der Waals surface area (Å²) in [5, 5.41) is 15.1. The van der Waals surface area contributed by atoms with Gasteiger partial charge in [-0.1, -0.05) is 29.5 Å². The van der Waals surface area contributed by atoms with Gasteiger partial charge in [-0.05, 0) is 86.2 Å². The van der Waals surface area contributed by atoms with Gasteiger partial charge in [-0.3, -0.25) is 9.59 Å². The molecule has 3 rings (SSSR count). The highest BCUT2D eigenvalue weighted by Crippen LogP contribution is 2.22. The first-order valence-corrected chi connectivity index (χ1v) is 12.3. The van der Waals surface area contributed by atoms with E-state index in [1.165, 1.54) is 11.8 Å². The smallest absolute Gasteiger partial charge is 0.251 e. The maximum Gasteiger partial charge on any atom is 0.251 e. The summed E-state index contributed by atoms with van der Waals surface area (Å²) >= 11 is 3.57. The van der Waals surface area contributed by atoms with Crippen LogP contribution in [0.2, 0.25) is 0 Å². The Bertz CT molecular complexity index is 1110. The zero-order valence-electron chi connectivity index (χ0n) is 18.5. The van der Waals surface area contributed by atoms with Crippen molar-refractivity contribution in [2.24, 2.45) is 0 Å². The number of carbonyl (C=O) groups excluding carboxylic acids is 2. The summed E-state index contributed by atoms with van der Waals surface area (Å²) in [5.74, 6) is 0.606. The number of hydrogen-bond donors (Lipinski definition) is 2. The van der Waals surface area contributed by atoms with Crippen LogP contribution in [0.3, 0.4) is 0 Å². The molecule has 0 spiro atoms. The molecule has 0 aliphatic heterocycles. The number of carbonyl (C=O) groups is 2. The Kier molecular flexibility index (Phi) is 8.30. The van der Waals surface area contributed by atoms with E-state index in [9.17, 15) is 9.59 Å². The minimum atomic E-state index is -0.325. The molecule has 168 valence electrons. The van der Waals surface area contributed by atoms with E-state index in [0.29, 0.717) is 23.1 Å². The number of thioether (sulfide) groups is 1. The number of nitrogens with one attached hydrogen (secondary N) is 2. The standard InChI is InChI=1S/C23H26IN5O2S/c1-5-29-21(16(4)25-22(31)17-8-6-14(2)7-9-17)27-28-23(29)32-13-20(30)26-19-11-10-18(24)12-15(19)3/h6-12,16H,5,13H2,1-4H3,(H,25,31)(H,26,30)/t16-/m0/s1. The van der Waals surface area contributed by atoms with Crippen LogP contribution in [-0.2, 0) is 11.3 Å². The van der Waals surface area contributed by atoms with Gasteiger partial charge in [-0.15, -0.1) is 10.2 Å². The minimum Gasteiger partial charge on any atom is -0.342 e. The molecule has 0 unspecified atom stereocenters. The molecule has 0 aliphatic rings. The summed E-state index contributed by atoms with van der Waals surface area (Å²) in [6, 6.07) is 13.0. The molecule has 0 radical (unpaired) electrons. The van der Waals surface area contributed by atoms with E-state index in [2.05, 4.69) is 43.4 Å². The lowest BCUT2D eigenvalue weighted by molar-refractivity contribution is -0.113. The highest BCUT2D eigenvalue weighted by Gasteiger charge is 2.20. The molecule has 2 N–H and O–H groups in total. The van der Waals surface area contributed by atoms with Crippen molar-refractivity contribution in [3.63, 3.8) is 0 Å². The van der Waals surface area contributed by atoms with Crippen LogP contribution in [0.5, 0.6) is 0 Å². The van der Waals surface area contributed by atoms with E-state index < -0.39 is 0 Å². The van der Waals surface area contributed by atoms with Crippen molar-refractivity contribution in [1.82, 2.24) is 20.1 Å². The molecule has 2 aromatic carbocycles. The second-order valence-corrected chi connectivity index (χ2v) is 9.63. The fraction of sp³-hybridized carbons (Fsp3) is 0.304. The van der Waals surface area contributed by atoms with Crippen LogP contribution in [0.1, 0.15) is 47.2 Å². The number of hydrogen-bond acceptors (Lipinski definition) is 5. The van der Waals surface area contributed by atoms with Gasteiger partial charge in [0.25, 0.3) is 5.91 Å². The maximum atomic E-state index is 12.6. The predicted molar refractivity (Wildman–Crippen MR) is 136 cm³/mol. The number of benzene rings is 2. The Balaban J connectivity index is 1.62. The summed E-state index contributed by atoms with van der Waals surface area (Å²) in [7, 11) is 0. The lowest BCUT2D eigenvalue weighted by Crippen LogP contribution is -2.28. The summed E-state index contributed by atoms with van der Waals surface area (Å²) in [6.45, 7) is 8.45. The van der Waals surface area contributed by atoms with Crippen molar-refractivity contribution in [1.29, 1.82) is 0 Å². The third-order valence-electron chi connectivity index (χ3n) is 4.91. The Hall–Kier alpha value is -2.40. The minimum absolute atomic E-state index is 0.104. The number of halogens is 1. The van der Waals surface area contributed by atoms with Crippen LogP contribution in [0, 0.1) is 17.4 Å². The summed E-state index contributed by atoms with van der Waals surface area (Å²) in [5.41, 5.74) is 3.53. The first-order valence-electron chi connectivity index (χ1n) is 10.3. The Labute approximate surface area is 205 Å². The molecule has 2 amide bonds. The second kappa shape index (κ2) is 11.0. The van der Waals surface area contributed by atoms with Gasteiger partial charge in [0.1, 0.15) is 0 Å². The van der Waals surface area contributed by atoms with Gasteiger partial charge >= 0.3 is 0 Å². The normalized spacial score (nSPS) is 11.8. The van der Waals surface area contributed by atoms with Crippen LogP contribution in [0.15, 0.2) is 47.6 Å². The maximum absolute atomic E-state index is 12.6. The van der Waals surface area contributed by atoms with Crippen LogP contribution in [-0.4, -0.2) is 32.3 Å². The molecule has 32 heavy (non-hydrogen) atoms. The summed E-state index contributed by atoms with van der Waals surface area (Å²) < 4.78 is 3.05. The van der Waals surface area contributed by atoms with Gasteiger partial charge in [-0.2, -0.15) is 0 Å². The zero-order chi connectivity index (χ0) is 23.3. The van der Waals surface area contributed by atoms with E-state index >= 15 is 0 Å². The average molecular weight is 563 g/mol. The average Bonchev–Trinajstić information content (AvgIpc) is 3.17. The van der Waals surface area contributed by atoms with Crippen LogP contribution >= 0.6 is 34.4 Å². The monoisotopic (exact) mass is 563 g/mol. The summed E-state index contributed by atoms with van der Waals surface area (Å²) in [6.07, 6.45) is 0. The molecular weight excluding hydrogens is 537 g/mol. The van der Waals surface area contributed by atoms with Gasteiger partial charge < -0.3 is 15.2 Å². The molecular formula is C23H26IN5O2S. The fourth-order valence-electron chi connectivity index (χ4n) is 3.16. The van der Waals surface area contributed by atoms with Crippen LogP contribution < -0.4 is 10.6 Å². The molecule has 0 aliphatic carbocycles. The molecule has 1 atom stereocenters. The first kappa shape index (κ1) is 24.2. The van der Waals surface area contributed by atoms with E-state index in [1.54, 1.807) is 12.1 Å². The third-order valence-corrected chi connectivity index (χ3v) is 6.54. The quantitative estimate of drug-likeness (QED) is 0.306. The largest absolute Gasteiger partial charge is 0.342 e. The van der Waals surface area contributed by atoms with Gasteiger partial charge in [0.2, 0.25) is 5.91 Å². The van der Waals surface area contributed by atoms with Crippen molar-refractivity contribution in [3.8, 4) is 0 Å². The van der Waals surface area contributed by atoms with Crippen LogP contribution in [0.25, 0.3) is 0 Å². The molecule has 0 fully saturated rings. The second-order valence-electron chi connectivity index (χ2n) is 7.44. The Morgan fingerprint density at radius 3 is 2.50 bits per heavy atom. The highest BCUT2D eigenvalue weighted by molar-refractivity contribution is 14.1. The number of aromatic nitrogens is 3. The Morgan fingerprint density at radius 1 is 1.12 bits per heavy atom. The Morgan fingerprint density at radius 2 is 1.84 bits per heavy atom. The SMILES string of the molecule is CCn1c(SCC(=O)Nc2ccc(I)cc2C)nnc1[C@H](C)NC(=O)c1ccc(C)cc1. The van der Waals surface area contributed by atoms with Crippen molar-refractivity contribution in [2.45, 2.75) is 45.4 Å². The number of nitrogens with zero attached hydrogens (tertiary/aromatic N) is 3. The molecule has 3 aromatic rings. The number of aryl methyl sites for hydroxylation is 2. The molecule has 0 saturated heterocycles. The lowest BCUT2D eigenvalue weighted by atomic mass is 10.1. The fourth-order valence-corrected chi connectivity index (χ4v) is 4.61. The van der Waals surface area contributed by atoms with Gasteiger partial charge in [0.05, 0.1) is 11.8 Å². The number of rotatable bonds is 8. The van der Waals surface area contributed by atoms with Gasteiger partial charge in [0, 0.05) is 21.4 Å². The molecule has 7 nitrogen and oxygen atoms in total. The lowest BCUT2D eigenvalue weighted by Gasteiger charge is -2.15. The van der Waals surface area contributed by atoms with Crippen LogP contribution in [0.4, 0.5) is 5.69 Å². The van der Waals surface area contributed by atoms with E-state index in [4.69, 9.17) is 0 Å². The predicted octanol–water partition coefficient (Wildman–Crippen LogP) is 4.74. The van der Waals surface area contributed by atoms with E-state index in [-0.39, 0.29) is 23.6 Å². The molecule has 9 heteroatoms. The van der Waals surface area contributed by atoms with Crippen molar-refractivity contribution in [2.75, 3.05) is 11.1 Å².